The number of rotatable bonds is 3. The van der Waals surface area contributed by atoms with Gasteiger partial charge in [-0.1, -0.05) is 0 Å². The van der Waals surface area contributed by atoms with Crippen LogP contribution in [-0.4, -0.2) is 28.3 Å². The number of carbonyl (C=O) groups is 2. The van der Waals surface area contributed by atoms with Crippen LogP contribution in [0.5, 0.6) is 0 Å². The fourth-order valence-corrected chi connectivity index (χ4v) is 4.33. The summed E-state index contributed by atoms with van der Waals surface area (Å²) >= 11 is 1.40. The lowest BCUT2D eigenvalue weighted by molar-refractivity contribution is -0.0452. The van der Waals surface area contributed by atoms with E-state index in [0.717, 1.165) is 4.90 Å². The summed E-state index contributed by atoms with van der Waals surface area (Å²) in [6.45, 7) is 0.387. The molecule has 0 radical (unpaired) electrons. The minimum Gasteiger partial charge on any atom is -0.352 e. The molecule has 2 N–H and O–H groups in total. The lowest BCUT2D eigenvalue weighted by Gasteiger charge is -2.28. The zero-order chi connectivity index (χ0) is 19.0. The molecule has 2 amide bonds. The summed E-state index contributed by atoms with van der Waals surface area (Å²) in [5.41, 5.74) is 1.55. The van der Waals surface area contributed by atoms with Crippen molar-refractivity contribution in [3.8, 4) is 0 Å². The minimum absolute atomic E-state index is 0.0792. The Hall–Kier alpha value is -2.35. The van der Waals surface area contributed by atoms with Crippen LogP contribution >= 0.6 is 11.9 Å². The number of halogens is 2. The molecule has 1 aromatic heterocycles. The largest absolute Gasteiger partial charge is 0.352 e. The summed E-state index contributed by atoms with van der Waals surface area (Å²) in [5, 5.41) is 5.66. The predicted octanol–water partition coefficient (Wildman–Crippen LogP) is 4.16. The molecule has 5 nitrogen and oxygen atoms in total. The number of nitrogens with zero attached hydrogens (tertiary/aromatic N) is 1. The third-order valence-corrected chi connectivity index (χ3v) is 6.09. The van der Waals surface area contributed by atoms with E-state index in [4.69, 9.17) is 0 Å². The second kappa shape index (κ2) is 6.99. The van der Waals surface area contributed by atoms with Gasteiger partial charge in [-0.05, 0) is 61.0 Å². The van der Waals surface area contributed by atoms with Crippen LogP contribution in [0.4, 0.5) is 14.5 Å². The summed E-state index contributed by atoms with van der Waals surface area (Å²) in [4.78, 5) is 25.6. The standard InChI is InChI=1S/C19H19F2N3O2S/c20-19(21)7-5-12(6-8-19)11-22-17(25)13-3-4-16-14(10-13)23-18(26)15-2-1-9-24(15)27-16/h1-4,9-10,12H,5-8,11H2,(H,22,25)(H,23,26). The molecule has 0 bridgehead atoms. The van der Waals surface area contributed by atoms with Gasteiger partial charge >= 0.3 is 0 Å². The molecule has 27 heavy (non-hydrogen) atoms. The lowest BCUT2D eigenvalue weighted by atomic mass is 9.87. The second-order valence-corrected chi connectivity index (χ2v) is 8.00. The Morgan fingerprint density at radius 3 is 2.85 bits per heavy atom. The molecule has 1 fully saturated rings. The van der Waals surface area contributed by atoms with E-state index >= 15 is 0 Å². The number of carbonyl (C=O) groups excluding carboxylic acids is 2. The molecule has 1 aliphatic heterocycles. The highest BCUT2D eigenvalue weighted by Gasteiger charge is 2.34. The fourth-order valence-electron chi connectivity index (χ4n) is 3.41. The van der Waals surface area contributed by atoms with Crippen molar-refractivity contribution in [2.24, 2.45) is 5.92 Å². The van der Waals surface area contributed by atoms with Gasteiger partial charge < -0.3 is 10.6 Å². The van der Waals surface area contributed by atoms with Gasteiger partial charge in [0.25, 0.3) is 11.8 Å². The van der Waals surface area contributed by atoms with Crippen molar-refractivity contribution in [2.75, 3.05) is 11.9 Å². The normalized spacial score (nSPS) is 18.8. The Bertz CT molecular complexity index is 887. The highest BCUT2D eigenvalue weighted by molar-refractivity contribution is 7.98. The number of fused-ring (bicyclic) bond motifs is 2. The van der Waals surface area contributed by atoms with Crippen molar-refractivity contribution in [2.45, 2.75) is 36.5 Å². The molecule has 142 valence electrons. The van der Waals surface area contributed by atoms with Gasteiger partial charge in [0.05, 0.1) is 10.6 Å². The Kier molecular flexibility index (Phi) is 4.67. The number of nitrogens with one attached hydrogen (secondary N) is 2. The maximum Gasteiger partial charge on any atom is 0.273 e. The first-order valence-corrected chi connectivity index (χ1v) is 9.66. The summed E-state index contributed by atoms with van der Waals surface area (Å²) in [5.74, 6) is -2.98. The highest BCUT2D eigenvalue weighted by Crippen LogP contribution is 2.36. The van der Waals surface area contributed by atoms with Crippen LogP contribution in [0.1, 0.15) is 46.5 Å². The van der Waals surface area contributed by atoms with E-state index in [-0.39, 0.29) is 30.6 Å². The van der Waals surface area contributed by atoms with E-state index in [2.05, 4.69) is 10.6 Å². The predicted molar refractivity (Wildman–Crippen MR) is 99.3 cm³/mol. The fraction of sp³-hybridized carbons (Fsp3) is 0.368. The van der Waals surface area contributed by atoms with Gasteiger partial charge in [-0.25, -0.2) is 8.78 Å². The highest BCUT2D eigenvalue weighted by atomic mass is 32.2. The molecule has 2 heterocycles. The quantitative estimate of drug-likeness (QED) is 0.826. The summed E-state index contributed by atoms with van der Waals surface area (Å²) in [7, 11) is 0. The number of alkyl halides is 2. The van der Waals surface area contributed by atoms with Crippen molar-refractivity contribution in [3.05, 3.63) is 47.8 Å². The maximum absolute atomic E-state index is 13.2. The van der Waals surface area contributed by atoms with Crippen LogP contribution < -0.4 is 10.6 Å². The van der Waals surface area contributed by atoms with Crippen LogP contribution in [0, 0.1) is 5.92 Å². The number of benzene rings is 1. The molecule has 0 atom stereocenters. The van der Waals surface area contributed by atoms with Crippen molar-refractivity contribution >= 4 is 29.4 Å². The average molecular weight is 391 g/mol. The summed E-state index contributed by atoms with van der Waals surface area (Å²) in [6, 6.07) is 8.69. The molecule has 1 saturated carbocycles. The van der Waals surface area contributed by atoms with Gasteiger partial charge in [-0.3, -0.25) is 13.6 Å². The second-order valence-electron chi connectivity index (χ2n) is 6.98. The lowest BCUT2D eigenvalue weighted by Crippen LogP contribution is -2.33. The number of hydrogen-bond acceptors (Lipinski definition) is 3. The first-order valence-electron chi connectivity index (χ1n) is 8.88. The van der Waals surface area contributed by atoms with E-state index in [9.17, 15) is 18.4 Å². The molecule has 8 heteroatoms. The van der Waals surface area contributed by atoms with Gasteiger partial charge in [0.15, 0.2) is 0 Å². The van der Waals surface area contributed by atoms with Gasteiger partial charge in [0.1, 0.15) is 5.69 Å². The third kappa shape index (κ3) is 3.85. The molecule has 2 aromatic rings. The number of amides is 2. The Balaban J connectivity index is 1.42. The van der Waals surface area contributed by atoms with Crippen molar-refractivity contribution in [1.29, 1.82) is 0 Å². The number of aromatic nitrogens is 1. The van der Waals surface area contributed by atoms with Crippen molar-refractivity contribution < 1.29 is 18.4 Å². The maximum atomic E-state index is 13.2. The van der Waals surface area contributed by atoms with E-state index in [1.54, 1.807) is 34.3 Å². The Morgan fingerprint density at radius 1 is 1.30 bits per heavy atom. The van der Waals surface area contributed by atoms with Gasteiger partial charge in [0, 0.05) is 31.1 Å². The average Bonchev–Trinajstić information content (AvgIpc) is 3.05. The van der Waals surface area contributed by atoms with E-state index in [1.807, 2.05) is 6.20 Å². The number of hydrogen-bond donors (Lipinski definition) is 2. The first-order chi connectivity index (χ1) is 12.9. The van der Waals surface area contributed by atoms with Crippen molar-refractivity contribution in [1.82, 2.24) is 9.29 Å². The molecule has 1 aliphatic carbocycles. The zero-order valence-corrected chi connectivity index (χ0v) is 15.3. The van der Waals surface area contributed by atoms with E-state index in [1.165, 1.54) is 11.9 Å². The third-order valence-electron chi connectivity index (χ3n) is 5.02. The molecular formula is C19H19F2N3O2S. The monoisotopic (exact) mass is 391 g/mol. The van der Waals surface area contributed by atoms with Gasteiger partial charge in [-0.15, -0.1) is 0 Å². The first kappa shape index (κ1) is 18.0. The molecule has 0 unspecified atom stereocenters. The Morgan fingerprint density at radius 2 is 2.07 bits per heavy atom. The summed E-state index contributed by atoms with van der Waals surface area (Å²) in [6.07, 6.45) is 2.42. The molecule has 0 spiro atoms. The van der Waals surface area contributed by atoms with Gasteiger partial charge in [0.2, 0.25) is 5.92 Å². The SMILES string of the molecule is O=C(NCC1CCC(F)(F)CC1)c1ccc2c(c1)NC(=O)c1cccn1S2. The van der Waals surface area contributed by atoms with E-state index < -0.39 is 5.92 Å². The zero-order valence-electron chi connectivity index (χ0n) is 14.5. The smallest absolute Gasteiger partial charge is 0.273 e. The number of anilines is 1. The molecule has 2 aliphatic rings. The minimum atomic E-state index is -2.56. The van der Waals surface area contributed by atoms with Gasteiger partial charge in [-0.2, -0.15) is 0 Å². The topological polar surface area (TPSA) is 63.1 Å². The van der Waals surface area contributed by atoms with E-state index in [0.29, 0.717) is 36.3 Å². The van der Waals surface area contributed by atoms with Crippen LogP contribution in [0.25, 0.3) is 0 Å². The molecule has 4 rings (SSSR count). The van der Waals surface area contributed by atoms with Crippen LogP contribution in [0.3, 0.4) is 0 Å². The Labute approximate surface area is 159 Å². The van der Waals surface area contributed by atoms with Crippen LogP contribution in [0.2, 0.25) is 0 Å². The molecule has 1 aromatic carbocycles. The van der Waals surface area contributed by atoms with Crippen LogP contribution in [-0.2, 0) is 0 Å². The van der Waals surface area contributed by atoms with Crippen molar-refractivity contribution in [3.63, 3.8) is 0 Å². The molecule has 0 saturated heterocycles. The van der Waals surface area contributed by atoms with Crippen LogP contribution in [0.15, 0.2) is 41.4 Å². The molecular weight excluding hydrogens is 372 g/mol. The summed E-state index contributed by atoms with van der Waals surface area (Å²) < 4.78 is 28.2.